The van der Waals surface area contributed by atoms with Crippen molar-refractivity contribution in [1.82, 2.24) is 5.32 Å². The van der Waals surface area contributed by atoms with Crippen molar-refractivity contribution in [2.24, 2.45) is 0 Å². The summed E-state index contributed by atoms with van der Waals surface area (Å²) in [5.41, 5.74) is 1.90. The Kier molecular flexibility index (Phi) is 4.53. The molecule has 0 atom stereocenters. The van der Waals surface area contributed by atoms with E-state index in [1.807, 2.05) is 36.0 Å². The number of benzene rings is 1. The van der Waals surface area contributed by atoms with E-state index in [-0.39, 0.29) is 5.91 Å². The molecule has 1 amide bonds. The van der Waals surface area contributed by atoms with Gasteiger partial charge in [0.1, 0.15) is 0 Å². The summed E-state index contributed by atoms with van der Waals surface area (Å²) >= 11 is 1.82. The Morgan fingerprint density at radius 1 is 1.43 bits per heavy atom. The van der Waals surface area contributed by atoms with Crippen LogP contribution in [0.2, 0.25) is 0 Å². The van der Waals surface area contributed by atoms with Crippen molar-refractivity contribution in [2.45, 2.75) is 12.7 Å². The third-order valence-corrected chi connectivity index (χ3v) is 2.87. The van der Waals surface area contributed by atoms with Crippen LogP contribution in [0, 0.1) is 0 Å². The largest absolute Gasteiger partial charge is 0.355 e. The molecule has 0 heterocycles. The number of hydrogen-bond donors (Lipinski definition) is 1. The number of hydrogen-bond acceptors (Lipinski definition) is 2. The second kappa shape index (κ2) is 5.70. The molecule has 0 saturated carbocycles. The predicted molar refractivity (Wildman–Crippen MR) is 61.7 cm³/mol. The van der Waals surface area contributed by atoms with Crippen LogP contribution in [0.4, 0.5) is 0 Å². The highest BCUT2D eigenvalue weighted by Crippen LogP contribution is 2.16. The molecule has 1 aromatic carbocycles. The lowest BCUT2D eigenvalue weighted by atomic mass is 10.1. The van der Waals surface area contributed by atoms with Gasteiger partial charge in [-0.05, 0) is 17.4 Å². The molecule has 0 aliphatic heterocycles. The van der Waals surface area contributed by atoms with Gasteiger partial charge in [-0.15, -0.1) is 0 Å². The first-order valence-corrected chi connectivity index (χ1v) is 5.82. The van der Waals surface area contributed by atoms with E-state index in [0.717, 1.165) is 22.6 Å². The Morgan fingerprint density at radius 2 is 2.14 bits per heavy atom. The van der Waals surface area contributed by atoms with Crippen LogP contribution in [0.1, 0.15) is 22.8 Å². The lowest BCUT2D eigenvalue weighted by Gasteiger charge is -2.06. The molecule has 0 spiro atoms. The van der Waals surface area contributed by atoms with Gasteiger partial charge in [-0.2, -0.15) is 11.8 Å². The van der Waals surface area contributed by atoms with Crippen LogP contribution in [-0.4, -0.2) is 18.7 Å². The fraction of sp³-hybridized carbons (Fsp3) is 0.364. The lowest BCUT2D eigenvalue weighted by molar-refractivity contribution is 0.0962. The summed E-state index contributed by atoms with van der Waals surface area (Å²) in [5.74, 6) is 1.97. The van der Waals surface area contributed by atoms with Crippen LogP contribution in [-0.2, 0) is 5.75 Å². The third kappa shape index (κ3) is 2.77. The van der Waals surface area contributed by atoms with Crippen molar-refractivity contribution in [3.63, 3.8) is 0 Å². The van der Waals surface area contributed by atoms with Crippen LogP contribution in [0.5, 0.6) is 0 Å². The first kappa shape index (κ1) is 11.1. The molecule has 0 fully saturated rings. The molecule has 2 nitrogen and oxygen atoms in total. The minimum atomic E-state index is -0.00250. The molecule has 0 aliphatic rings. The van der Waals surface area contributed by atoms with Gasteiger partial charge in [-0.1, -0.05) is 25.1 Å². The molecule has 3 heteroatoms. The number of carbonyl (C=O) groups is 1. The van der Waals surface area contributed by atoms with Gasteiger partial charge in [0.25, 0.3) is 5.91 Å². The molecular formula is C11H15NOS. The van der Waals surface area contributed by atoms with E-state index < -0.39 is 0 Å². The Hall–Kier alpha value is -0.960. The van der Waals surface area contributed by atoms with Gasteiger partial charge in [0.2, 0.25) is 0 Å². The van der Waals surface area contributed by atoms with Crippen LogP contribution < -0.4 is 5.32 Å². The number of amides is 1. The van der Waals surface area contributed by atoms with Crippen molar-refractivity contribution in [1.29, 1.82) is 0 Å². The Morgan fingerprint density at radius 3 is 2.79 bits per heavy atom. The summed E-state index contributed by atoms with van der Waals surface area (Å²) in [6.07, 6.45) is 0. The smallest absolute Gasteiger partial charge is 0.251 e. The maximum Gasteiger partial charge on any atom is 0.251 e. The Labute approximate surface area is 89.1 Å². The van der Waals surface area contributed by atoms with E-state index in [9.17, 15) is 4.79 Å². The molecule has 0 bridgehead atoms. The van der Waals surface area contributed by atoms with E-state index in [1.54, 1.807) is 7.05 Å². The second-order valence-electron chi connectivity index (χ2n) is 2.87. The van der Waals surface area contributed by atoms with Crippen molar-refractivity contribution in [2.75, 3.05) is 12.8 Å². The number of rotatable bonds is 4. The fourth-order valence-corrected chi connectivity index (χ4v) is 1.89. The first-order chi connectivity index (χ1) is 6.79. The van der Waals surface area contributed by atoms with Crippen LogP contribution in [0.25, 0.3) is 0 Å². The highest BCUT2D eigenvalue weighted by molar-refractivity contribution is 7.98. The van der Waals surface area contributed by atoms with E-state index in [1.165, 1.54) is 0 Å². The molecule has 1 aromatic rings. The molecule has 0 radical (unpaired) electrons. The van der Waals surface area contributed by atoms with Gasteiger partial charge in [0.05, 0.1) is 0 Å². The fourth-order valence-electron chi connectivity index (χ4n) is 1.21. The molecule has 0 unspecified atom stereocenters. The zero-order chi connectivity index (χ0) is 10.4. The number of nitrogens with one attached hydrogen (secondary N) is 1. The molecule has 0 aromatic heterocycles. The Bertz CT molecular complexity index is 312. The van der Waals surface area contributed by atoms with E-state index in [4.69, 9.17) is 0 Å². The van der Waals surface area contributed by atoms with Gasteiger partial charge >= 0.3 is 0 Å². The summed E-state index contributed by atoms with van der Waals surface area (Å²) in [4.78, 5) is 11.5. The average Bonchev–Trinajstić information content (AvgIpc) is 2.25. The second-order valence-corrected chi connectivity index (χ2v) is 4.15. The van der Waals surface area contributed by atoms with Crippen LogP contribution in [0.15, 0.2) is 24.3 Å². The summed E-state index contributed by atoms with van der Waals surface area (Å²) in [7, 11) is 1.66. The minimum Gasteiger partial charge on any atom is -0.355 e. The summed E-state index contributed by atoms with van der Waals surface area (Å²) in [5, 5.41) is 2.65. The maximum atomic E-state index is 11.5. The summed E-state index contributed by atoms with van der Waals surface area (Å²) < 4.78 is 0. The molecular weight excluding hydrogens is 194 g/mol. The van der Waals surface area contributed by atoms with Gasteiger partial charge in [-0.3, -0.25) is 4.79 Å². The topological polar surface area (TPSA) is 29.1 Å². The van der Waals surface area contributed by atoms with E-state index in [0.29, 0.717) is 0 Å². The predicted octanol–water partition coefficient (Wildman–Crippen LogP) is 2.30. The van der Waals surface area contributed by atoms with Crippen molar-refractivity contribution in [3.05, 3.63) is 35.4 Å². The molecule has 14 heavy (non-hydrogen) atoms. The third-order valence-electron chi connectivity index (χ3n) is 1.95. The zero-order valence-corrected chi connectivity index (χ0v) is 9.36. The monoisotopic (exact) mass is 209 g/mol. The van der Waals surface area contributed by atoms with Gasteiger partial charge in [-0.25, -0.2) is 0 Å². The van der Waals surface area contributed by atoms with Crippen LogP contribution >= 0.6 is 11.8 Å². The van der Waals surface area contributed by atoms with Crippen molar-refractivity contribution < 1.29 is 4.79 Å². The quantitative estimate of drug-likeness (QED) is 0.824. The summed E-state index contributed by atoms with van der Waals surface area (Å²) in [6.45, 7) is 2.12. The molecule has 76 valence electrons. The normalized spacial score (nSPS) is 9.86. The SMILES string of the molecule is CCSCc1ccccc1C(=O)NC. The minimum absolute atomic E-state index is 0.00250. The zero-order valence-electron chi connectivity index (χ0n) is 8.54. The highest BCUT2D eigenvalue weighted by Gasteiger charge is 2.07. The van der Waals surface area contributed by atoms with E-state index >= 15 is 0 Å². The Balaban J connectivity index is 2.85. The maximum absolute atomic E-state index is 11.5. The molecule has 1 rings (SSSR count). The number of carbonyl (C=O) groups excluding carboxylic acids is 1. The molecule has 0 aliphatic carbocycles. The standard InChI is InChI=1S/C11H15NOS/c1-3-14-8-9-6-4-5-7-10(9)11(13)12-2/h4-7H,3,8H2,1-2H3,(H,12,13). The molecule has 1 N–H and O–H groups in total. The van der Waals surface area contributed by atoms with Gasteiger partial charge in [0, 0.05) is 18.4 Å². The van der Waals surface area contributed by atoms with Crippen molar-refractivity contribution >= 4 is 17.7 Å². The number of thioether (sulfide) groups is 1. The van der Waals surface area contributed by atoms with Gasteiger partial charge < -0.3 is 5.32 Å². The van der Waals surface area contributed by atoms with Crippen LogP contribution in [0.3, 0.4) is 0 Å². The van der Waals surface area contributed by atoms with E-state index in [2.05, 4.69) is 12.2 Å². The summed E-state index contributed by atoms with van der Waals surface area (Å²) in [6, 6.07) is 7.74. The average molecular weight is 209 g/mol. The highest BCUT2D eigenvalue weighted by atomic mass is 32.2. The lowest BCUT2D eigenvalue weighted by Crippen LogP contribution is -2.19. The van der Waals surface area contributed by atoms with Gasteiger partial charge in [0.15, 0.2) is 0 Å². The molecule has 0 saturated heterocycles. The van der Waals surface area contributed by atoms with Crippen molar-refractivity contribution in [3.8, 4) is 0 Å². The first-order valence-electron chi connectivity index (χ1n) is 4.67.